The Kier molecular flexibility index (Phi) is 27.2. The maximum Gasteiger partial charge on any atom is 0.362 e. The standard InChI is InChI=1S/C38H71NO6/c1-5-9-10-11-12-13-14-15-16-17-18-19-20-21-22-23-24-25-26-27-28-32-39(33(29-6-2)36(40)41,34(30-7-3)37(42)43)35(31-8-4)38(44)45/h23-24,33-35H,5-22,25-32H2,1-4H3,(H2-,40,41,42,43,44,45)/b24-23+. The number of aliphatic carboxylic acids is 3. The highest BCUT2D eigenvalue weighted by Gasteiger charge is 2.54. The molecule has 0 aliphatic rings. The summed E-state index contributed by atoms with van der Waals surface area (Å²) >= 11 is 0. The van der Waals surface area contributed by atoms with Crippen molar-refractivity contribution in [2.24, 2.45) is 0 Å². The maximum atomic E-state index is 12.6. The molecule has 0 aromatic heterocycles. The number of allylic oxidation sites excluding steroid dienone is 2. The average molecular weight is 638 g/mol. The Labute approximate surface area is 276 Å². The second kappa shape index (κ2) is 28.3. The summed E-state index contributed by atoms with van der Waals surface area (Å²) in [6.45, 7) is 8.06. The molecule has 3 atom stereocenters. The van der Waals surface area contributed by atoms with Crippen molar-refractivity contribution in [3.05, 3.63) is 12.2 Å². The molecule has 0 bridgehead atoms. The summed E-state index contributed by atoms with van der Waals surface area (Å²) < 4.78 is -0.447. The number of carbonyl (C=O) groups excluding carboxylic acids is 1. The van der Waals surface area contributed by atoms with Gasteiger partial charge >= 0.3 is 11.9 Å². The molecule has 0 saturated heterocycles. The fourth-order valence-electron chi connectivity index (χ4n) is 7.15. The van der Waals surface area contributed by atoms with Gasteiger partial charge in [0.1, 0.15) is 6.04 Å². The van der Waals surface area contributed by atoms with E-state index in [0.717, 1.165) is 25.7 Å². The van der Waals surface area contributed by atoms with Crippen LogP contribution in [0.25, 0.3) is 0 Å². The molecule has 0 rings (SSSR count). The lowest BCUT2D eigenvalue weighted by Gasteiger charge is -2.52. The van der Waals surface area contributed by atoms with Crippen LogP contribution in [-0.4, -0.2) is 57.3 Å². The van der Waals surface area contributed by atoms with E-state index in [0.29, 0.717) is 25.7 Å². The van der Waals surface area contributed by atoms with Gasteiger partial charge in [-0.15, -0.1) is 0 Å². The zero-order chi connectivity index (χ0) is 33.8. The third-order valence-corrected chi connectivity index (χ3v) is 9.58. The van der Waals surface area contributed by atoms with E-state index in [2.05, 4.69) is 19.1 Å². The molecule has 0 radical (unpaired) electrons. The van der Waals surface area contributed by atoms with Crippen LogP contribution in [0.4, 0.5) is 0 Å². The van der Waals surface area contributed by atoms with Gasteiger partial charge in [0.05, 0.1) is 12.5 Å². The number of carboxylic acid groups (broad SMARTS) is 3. The van der Waals surface area contributed by atoms with E-state index in [4.69, 9.17) is 0 Å². The molecule has 0 saturated carbocycles. The van der Waals surface area contributed by atoms with Gasteiger partial charge in [0, 0.05) is 19.3 Å². The van der Waals surface area contributed by atoms with E-state index < -0.39 is 40.5 Å². The molecule has 0 fully saturated rings. The molecule has 0 aromatic rings. The highest BCUT2D eigenvalue weighted by atomic mass is 16.4. The van der Waals surface area contributed by atoms with Gasteiger partial charge in [-0.2, -0.15) is 0 Å². The van der Waals surface area contributed by atoms with Crippen LogP contribution in [0.15, 0.2) is 12.2 Å². The lowest BCUT2D eigenvalue weighted by atomic mass is 9.91. The molecule has 264 valence electrons. The number of carboxylic acids is 3. The minimum atomic E-state index is -1.34. The highest BCUT2D eigenvalue weighted by Crippen LogP contribution is 2.34. The molecule has 0 spiro atoms. The molecule has 0 aromatic carbocycles. The second-order valence-electron chi connectivity index (χ2n) is 13.3. The summed E-state index contributed by atoms with van der Waals surface area (Å²) in [5, 5.41) is 33.1. The number of quaternary nitrogens is 1. The molecular formula is C38H71NO6. The van der Waals surface area contributed by atoms with Gasteiger partial charge in [0.2, 0.25) is 0 Å². The molecular weight excluding hydrogens is 566 g/mol. The number of nitrogens with zero attached hydrogens (tertiary/aromatic N) is 1. The van der Waals surface area contributed by atoms with Crippen molar-refractivity contribution in [3.8, 4) is 0 Å². The molecule has 7 heteroatoms. The van der Waals surface area contributed by atoms with Crippen LogP contribution in [0.5, 0.6) is 0 Å². The molecule has 0 aliphatic heterocycles. The van der Waals surface area contributed by atoms with E-state index >= 15 is 0 Å². The molecule has 0 aliphatic carbocycles. The topological polar surface area (TPSA) is 115 Å². The van der Waals surface area contributed by atoms with Crippen LogP contribution in [0.1, 0.15) is 188 Å². The number of hydrogen-bond donors (Lipinski definition) is 2. The fourth-order valence-corrected chi connectivity index (χ4v) is 7.15. The summed E-state index contributed by atoms with van der Waals surface area (Å²) in [5.41, 5.74) is 0. The van der Waals surface area contributed by atoms with Crippen LogP contribution in [0.3, 0.4) is 0 Å². The minimum Gasteiger partial charge on any atom is -0.544 e. The minimum absolute atomic E-state index is 0.200. The smallest absolute Gasteiger partial charge is 0.362 e. The van der Waals surface area contributed by atoms with E-state index in [1.807, 2.05) is 20.8 Å². The predicted octanol–water partition coefficient (Wildman–Crippen LogP) is 9.22. The molecule has 2 N–H and O–H groups in total. The van der Waals surface area contributed by atoms with Crippen LogP contribution in [0.2, 0.25) is 0 Å². The first-order chi connectivity index (χ1) is 21.7. The van der Waals surface area contributed by atoms with Crippen molar-refractivity contribution in [1.29, 1.82) is 0 Å². The van der Waals surface area contributed by atoms with Gasteiger partial charge in [0.15, 0.2) is 12.1 Å². The summed E-state index contributed by atoms with van der Waals surface area (Å²) in [6.07, 6.45) is 30.1. The van der Waals surface area contributed by atoms with Crippen molar-refractivity contribution in [3.63, 3.8) is 0 Å². The second-order valence-corrected chi connectivity index (χ2v) is 13.3. The zero-order valence-corrected chi connectivity index (χ0v) is 29.7. The predicted molar refractivity (Wildman–Crippen MR) is 184 cm³/mol. The van der Waals surface area contributed by atoms with Crippen molar-refractivity contribution in [1.82, 2.24) is 0 Å². The Morgan fingerprint density at radius 2 is 0.844 bits per heavy atom. The first-order valence-corrected chi connectivity index (χ1v) is 18.9. The van der Waals surface area contributed by atoms with Crippen LogP contribution < -0.4 is 5.11 Å². The normalized spacial score (nSPS) is 15.1. The van der Waals surface area contributed by atoms with Gasteiger partial charge < -0.3 is 20.1 Å². The van der Waals surface area contributed by atoms with Gasteiger partial charge in [-0.25, -0.2) is 9.59 Å². The van der Waals surface area contributed by atoms with Crippen LogP contribution in [-0.2, 0) is 14.4 Å². The van der Waals surface area contributed by atoms with Gasteiger partial charge in [-0.1, -0.05) is 130 Å². The van der Waals surface area contributed by atoms with E-state index in [9.17, 15) is 29.7 Å². The zero-order valence-electron chi connectivity index (χ0n) is 29.7. The summed E-state index contributed by atoms with van der Waals surface area (Å²) in [7, 11) is 0. The number of unbranched alkanes of at least 4 members (excludes halogenated alkanes) is 17. The Bertz CT molecular complexity index is 722. The van der Waals surface area contributed by atoms with Gasteiger partial charge in [0.25, 0.3) is 0 Å². The first-order valence-electron chi connectivity index (χ1n) is 18.9. The Morgan fingerprint density at radius 3 is 1.18 bits per heavy atom. The number of carbonyl (C=O) groups is 3. The number of rotatable bonds is 33. The van der Waals surface area contributed by atoms with Crippen molar-refractivity contribution < 1.29 is 34.2 Å². The summed E-state index contributed by atoms with van der Waals surface area (Å²) in [5.74, 6) is -3.58. The molecule has 0 heterocycles. The Hall–Kier alpha value is -1.89. The molecule has 45 heavy (non-hydrogen) atoms. The molecule has 7 nitrogen and oxygen atoms in total. The quantitative estimate of drug-likeness (QED) is 0.0421. The highest BCUT2D eigenvalue weighted by molar-refractivity contribution is 5.77. The summed E-state index contributed by atoms with van der Waals surface area (Å²) in [4.78, 5) is 37.7. The van der Waals surface area contributed by atoms with Gasteiger partial charge in [-0.3, -0.25) is 4.48 Å². The van der Waals surface area contributed by atoms with Crippen molar-refractivity contribution in [2.45, 2.75) is 206 Å². The summed E-state index contributed by atoms with van der Waals surface area (Å²) in [6, 6.07) is -3.36. The van der Waals surface area contributed by atoms with Crippen molar-refractivity contribution >= 4 is 17.9 Å². The number of hydrogen-bond acceptors (Lipinski definition) is 4. The van der Waals surface area contributed by atoms with E-state index in [-0.39, 0.29) is 25.8 Å². The van der Waals surface area contributed by atoms with Crippen LogP contribution in [0, 0.1) is 0 Å². The van der Waals surface area contributed by atoms with Gasteiger partial charge in [-0.05, 0) is 51.4 Å². The SMILES string of the molecule is CCCCCCCCCCCCCCCC/C=C/CCCCC[N+](C(CCC)C(=O)[O-])(C(CCC)C(=O)O)C(CCC)C(=O)O. The first kappa shape index (κ1) is 43.1. The fraction of sp³-hybridized carbons (Fsp3) is 0.868. The average Bonchev–Trinajstić information content (AvgIpc) is 3.00. The Morgan fingerprint density at radius 1 is 0.511 bits per heavy atom. The monoisotopic (exact) mass is 638 g/mol. The van der Waals surface area contributed by atoms with Crippen LogP contribution >= 0.6 is 0 Å². The lowest BCUT2D eigenvalue weighted by Crippen LogP contribution is -2.74. The van der Waals surface area contributed by atoms with E-state index in [1.54, 1.807) is 0 Å². The Balaban J connectivity index is 4.72. The van der Waals surface area contributed by atoms with Crippen molar-refractivity contribution in [2.75, 3.05) is 6.54 Å². The van der Waals surface area contributed by atoms with E-state index in [1.165, 1.54) is 89.9 Å². The molecule has 3 unspecified atom stereocenters. The lowest BCUT2D eigenvalue weighted by molar-refractivity contribution is -0.975. The third kappa shape index (κ3) is 18.1. The maximum absolute atomic E-state index is 12.6. The molecule has 0 amide bonds. The largest absolute Gasteiger partial charge is 0.544 e. The third-order valence-electron chi connectivity index (χ3n) is 9.58.